The molecule has 13 nitrogen and oxygen atoms in total. The Balaban J connectivity index is 1.67. The van der Waals surface area contributed by atoms with E-state index in [4.69, 9.17) is 29.7 Å². The van der Waals surface area contributed by atoms with Crippen molar-refractivity contribution in [2.24, 2.45) is 5.73 Å². The number of amides is 1. The van der Waals surface area contributed by atoms with Gasteiger partial charge < -0.3 is 29.2 Å². The van der Waals surface area contributed by atoms with Crippen LogP contribution in [0.5, 0.6) is 0 Å². The predicted molar refractivity (Wildman–Crippen MR) is 194 cm³/mol. The average Bonchev–Trinajstić information content (AvgIpc) is 3.37. The standard InChI is InChI=1S/C37H48N4O9Si/c1-12-37(49-32(44)27(38)31(43)48-35(4,5)6)24-16-26-28-22(17-41(26)30(42)23(24)18-47-33(37)45)29(51(10,11)19(2)3)21-15-20(13-14-25(21)40-28)39-34(46)50-36(7,8)9/h13-16,19,27H,12,17-18,38H2,1-11H3,(H,39,46). The molecule has 0 radical (unpaired) electrons. The van der Waals surface area contributed by atoms with Gasteiger partial charge in [-0.2, -0.15) is 0 Å². The molecule has 14 heteroatoms. The van der Waals surface area contributed by atoms with Crippen LogP contribution in [0.3, 0.4) is 0 Å². The van der Waals surface area contributed by atoms with Gasteiger partial charge in [-0.1, -0.05) is 33.9 Å². The van der Waals surface area contributed by atoms with Crippen molar-refractivity contribution in [1.29, 1.82) is 0 Å². The third kappa shape index (κ3) is 6.90. The highest BCUT2D eigenvalue weighted by molar-refractivity contribution is 6.92. The molecule has 0 fully saturated rings. The van der Waals surface area contributed by atoms with Crippen molar-refractivity contribution < 1.29 is 38.1 Å². The molecule has 0 bridgehead atoms. The summed E-state index contributed by atoms with van der Waals surface area (Å²) in [7, 11) is -2.28. The van der Waals surface area contributed by atoms with Crippen molar-refractivity contribution in [1.82, 2.24) is 9.55 Å². The molecule has 2 aromatic heterocycles. The SMILES string of the molecule is CCC1(OC(=O)C(N)C(=O)OC(C)(C)C)C(=O)OCc2c1cc1n(c2=O)Cc2c-1nc1ccc(NC(=O)OC(C)(C)C)cc1c2[Si](C)(C)C(C)C. The lowest BCUT2D eigenvalue weighted by atomic mass is 9.85. The van der Waals surface area contributed by atoms with E-state index in [0.29, 0.717) is 22.6 Å². The smallest absolute Gasteiger partial charge is 0.412 e. The summed E-state index contributed by atoms with van der Waals surface area (Å²) in [6, 6.07) is 5.31. The predicted octanol–water partition coefficient (Wildman–Crippen LogP) is 4.97. The van der Waals surface area contributed by atoms with Crippen LogP contribution in [-0.2, 0) is 52.1 Å². The third-order valence-corrected chi connectivity index (χ3v) is 14.3. The van der Waals surface area contributed by atoms with Gasteiger partial charge in [0.2, 0.25) is 11.6 Å². The first-order chi connectivity index (χ1) is 23.5. The number of carbonyl (C=O) groups excluding carboxylic acids is 4. The van der Waals surface area contributed by atoms with Gasteiger partial charge in [-0.3, -0.25) is 10.1 Å². The first-order valence-electron chi connectivity index (χ1n) is 17.1. The van der Waals surface area contributed by atoms with Crippen LogP contribution in [0.25, 0.3) is 22.3 Å². The zero-order valence-electron chi connectivity index (χ0n) is 31.2. The van der Waals surface area contributed by atoms with Crippen LogP contribution in [0, 0.1) is 0 Å². The number of rotatable bonds is 7. The molecule has 51 heavy (non-hydrogen) atoms. The number of cyclic esters (lactones) is 1. The molecule has 2 atom stereocenters. The second-order valence-electron chi connectivity index (χ2n) is 16.1. The molecule has 3 N–H and O–H groups in total. The van der Waals surface area contributed by atoms with Crippen molar-refractivity contribution in [3.63, 3.8) is 0 Å². The van der Waals surface area contributed by atoms with Crippen LogP contribution in [0.15, 0.2) is 29.1 Å². The molecule has 0 aliphatic carbocycles. The molecular weight excluding hydrogens is 673 g/mol. The van der Waals surface area contributed by atoms with Crippen LogP contribution in [0.4, 0.5) is 10.5 Å². The van der Waals surface area contributed by atoms with E-state index < -0.39 is 60.5 Å². The van der Waals surface area contributed by atoms with Crippen molar-refractivity contribution in [2.75, 3.05) is 5.32 Å². The van der Waals surface area contributed by atoms with Gasteiger partial charge in [0, 0.05) is 16.6 Å². The fourth-order valence-corrected chi connectivity index (χ4v) is 8.90. The summed E-state index contributed by atoms with van der Waals surface area (Å²) in [4.78, 5) is 71.5. The number of nitrogens with zero attached hydrogens (tertiary/aromatic N) is 2. The molecule has 1 amide bonds. The fraction of sp³-hybridized carbons (Fsp3) is 0.514. The van der Waals surface area contributed by atoms with Crippen molar-refractivity contribution >= 4 is 53.9 Å². The van der Waals surface area contributed by atoms with Gasteiger partial charge in [0.25, 0.3) is 5.56 Å². The van der Waals surface area contributed by atoms with Crippen molar-refractivity contribution in [2.45, 2.75) is 123 Å². The van der Waals surface area contributed by atoms with Gasteiger partial charge in [-0.25, -0.2) is 24.2 Å². The first-order valence-corrected chi connectivity index (χ1v) is 20.2. The molecule has 3 aromatic rings. The molecule has 2 aliphatic rings. The highest BCUT2D eigenvalue weighted by Crippen LogP contribution is 2.42. The Bertz CT molecular complexity index is 2020. The van der Waals surface area contributed by atoms with Crippen LogP contribution in [-0.4, -0.2) is 58.9 Å². The van der Waals surface area contributed by atoms with Crippen LogP contribution in [0.2, 0.25) is 18.6 Å². The van der Waals surface area contributed by atoms with Gasteiger partial charge in [-0.15, -0.1) is 0 Å². The number of nitrogens with two attached hydrogens (primary N) is 1. The highest BCUT2D eigenvalue weighted by Gasteiger charge is 2.52. The summed E-state index contributed by atoms with van der Waals surface area (Å²) in [5, 5.41) is 4.79. The number of pyridine rings is 2. The number of ether oxygens (including phenoxy) is 4. The number of carbonyl (C=O) groups is 4. The van der Waals surface area contributed by atoms with E-state index in [1.807, 2.05) is 12.1 Å². The molecule has 2 unspecified atom stereocenters. The Kier molecular flexibility index (Phi) is 9.52. The molecule has 1 aromatic carbocycles. The minimum absolute atomic E-state index is 0.0987. The van der Waals surface area contributed by atoms with E-state index in [2.05, 4.69) is 32.3 Å². The third-order valence-electron chi connectivity index (χ3n) is 9.58. The van der Waals surface area contributed by atoms with E-state index >= 15 is 0 Å². The number of aromatic nitrogens is 2. The first kappa shape index (κ1) is 37.7. The largest absolute Gasteiger partial charge is 0.458 e. The minimum atomic E-state index is -2.28. The lowest BCUT2D eigenvalue weighted by molar-refractivity contribution is -0.192. The monoisotopic (exact) mass is 720 g/mol. The van der Waals surface area contributed by atoms with E-state index in [1.165, 1.54) is 0 Å². The molecule has 0 spiro atoms. The number of hydrogen-bond donors (Lipinski definition) is 2. The Hall–Kier alpha value is -4.56. The number of esters is 3. The molecule has 0 saturated heterocycles. The summed E-state index contributed by atoms with van der Waals surface area (Å²) >= 11 is 0. The Morgan fingerprint density at radius 3 is 2.25 bits per heavy atom. The Morgan fingerprint density at radius 1 is 1.02 bits per heavy atom. The summed E-state index contributed by atoms with van der Waals surface area (Å²) < 4.78 is 23.6. The number of benzene rings is 1. The zero-order valence-corrected chi connectivity index (χ0v) is 32.2. The van der Waals surface area contributed by atoms with Crippen LogP contribution < -0.4 is 21.8 Å². The number of nitrogens with one attached hydrogen (secondary N) is 1. The van der Waals surface area contributed by atoms with E-state index in [-0.39, 0.29) is 36.2 Å². The van der Waals surface area contributed by atoms with E-state index in [1.54, 1.807) is 65.2 Å². The topological polar surface area (TPSA) is 178 Å². The quantitative estimate of drug-likeness (QED) is 0.114. The second-order valence-corrected chi connectivity index (χ2v) is 21.1. The minimum Gasteiger partial charge on any atom is -0.458 e. The van der Waals surface area contributed by atoms with Gasteiger partial charge in [-0.05, 0) is 88.5 Å². The van der Waals surface area contributed by atoms with Crippen molar-refractivity contribution in [3.8, 4) is 11.4 Å². The van der Waals surface area contributed by atoms with Crippen molar-refractivity contribution in [3.05, 3.63) is 51.3 Å². The number of anilines is 1. The van der Waals surface area contributed by atoms with Gasteiger partial charge in [0.1, 0.15) is 17.8 Å². The normalized spacial score (nSPS) is 17.6. The molecule has 274 valence electrons. The second kappa shape index (κ2) is 12.9. The van der Waals surface area contributed by atoms with Crippen LogP contribution in [0.1, 0.15) is 85.4 Å². The number of fused-ring (bicyclic) bond motifs is 5. The summed E-state index contributed by atoms with van der Waals surface area (Å²) in [6.45, 7) is 20.7. The zero-order chi connectivity index (χ0) is 38.0. The lowest BCUT2D eigenvalue weighted by Crippen LogP contribution is -2.52. The number of hydrogen-bond acceptors (Lipinski definition) is 11. The lowest BCUT2D eigenvalue weighted by Gasteiger charge is -2.36. The molecule has 0 saturated carbocycles. The van der Waals surface area contributed by atoms with Gasteiger partial charge >= 0.3 is 24.0 Å². The van der Waals surface area contributed by atoms with E-state index in [9.17, 15) is 24.0 Å². The summed E-state index contributed by atoms with van der Waals surface area (Å²) in [6.07, 6.45) is -0.676. The van der Waals surface area contributed by atoms with Gasteiger partial charge in [0.15, 0.2) is 0 Å². The fourth-order valence-electron chi connectivity index (χ4n) is 6.46. The maximum absolute atomic E-state index is 14.3. The maximum atomic E-state index is 14.3. The van der Waals surface area contributed by atoms with Crippen LogP contribution >= 0.6 is 0 Å². The van der Waals surface area contributed by atoms with E-state index in [0.717, 1.165) is 16.1 Å². The molecule has 4 heterocycles. The molecular formula is C37H48N4O9Si. The molecule has 2 aliphatic heterocycles. The average molecular weight is 721 g/mol. The Labute approximate surface area is 298 Å². The highest BCUT2D eigenvalue weighted by atomic mass is 28.3. The summed E-state index contributed by atoms with van der Waals surface area (Å²) in [5.74, 6) is -3.09. The maximum Gasteiger partial charge on any atom is 0.412 e. The Morgan fingerprint density at radius 2 is 1.67 bits per heavy atom. The molecule has 5 rings (SSSR count). The summed E-state index contributed by atoms with van der Waals surface area (Å²) in [5.41, 5.74) is 5.61. The van der Waals surface area contributed by atoms with Gasteiger partial charge in [0.05, 0.1) is 37.1 Å².